The number of hydrogen-bond acceptors (Lipinski definition) is 4. The maximum Gasteiger partial charge on any atom is 0.264 e. The summed E-state index contributed by atoms with van der Waals surface area (Å²) in [4.78, 5) is 28.8. The standard InChI is InChI=1S/C30H35Cl2N3O4S/c1-4-6-19-33-30(37)26(5-2)34(20-23-14-11-10-13-22(23)3)28(36)21-35(27-18-12-17-25(31)29(27)32)40(38,39)24-15-8-7-9-16-24/h7-18,26H,4-6,19-21H2,1-3H3,(H,33,37). The first-order valence-electron chi connectivity index (χ1n) is 13.2. The normalized spacial score (nSPS) is 12.0. The van der Waals surface area contributed by atoms with Gasteiger partial charge in [0.15, 0.2) is 0 Å². The van der Waals surface area contributed by atoms with Crippen LogP contribution >= 0.6 is 23.2 Å². The van der Waals surface area contributed by atoms with Crippen molar-refractivity contribution < 1.29 is 18.0 Å². The van der Waals surface area contributed by atoms with Gasteiger partial charge in [0.2, 0.25) is 11.8 Å². The van der Waals surface area contributed by atoms with Gasteiger partial charge < -0.3 is 10.2 Å². The van der Waals surface area contributed by atoms with Crippen molar-refractivity contribution >= 4 is 50.7 Å². The summed E-state index contributed by atoms with van der Waals surface area (Å²) in [6, 6.07) is 19.2. The molecule has 10 heteroatoms. The molecule has 0 bridgehead atoms. The van der Waals surface area contributed by atoms with Crippen LogP contribution in [0.4, 0.5) is 5.69 Å². The van der Waals surface area contributed by atoms with E-state index in [1.807, 2.05) is 45.0 Å². The number of rotatable bonds is 13. The molecule has 0 aliphatic carbocycles. The molecule has 40 heavy (non-hydrogen) atoms. The summed E-state index contributed by atoms with van der Waals surface area (Å²) in [5.74, 6) is -0.826. The van der Waals surface area contributed by atoms with Gasteiger partial charge in [-0.1, -0.05) is 92.0 Å². The van der Waals surface area contributed by atoms with Gasteiger partial charge in [0.1, 0.15) is 12.6 Å². The highest BCUT2D eigenvalue weighted by atomic mass is 35.5. The molecule has 7 nitrogen and oxygen atoms in total. The Morgan fingerprint density at radius 2 is 1.60 bits per heavy atom. The molecule has 2 amide bonds. The summed E-state index contributed by atoms with van der Waals surface area (Å²) < 4.78 is 28.7. The summed E-state index contributed by atoms with van der Waals surface area (Å²) in [5, 5.41) is 3.08. The summed E-state index contributed by atoms with van der Waals surface area (Å²) in [6.45, 7) is 5.83. The number of unbranched alkanes of at least 4 members (excludes halogenated alkanes) is 1. The van der Waals surface area contributed by atoms with E-state index >= 15 is 0 Å². The van der Waals surface area contributed by atoms with Crippen molar-refractivity contribution in [1.82, 2.24) is 10.2 Å². The highest BCUT2D eigenvalue weighted by Crippen LogP contribution is 2.35. The Labute approximate surface area is 247 Å². The zero-order valence-corrected chi connectivity index (χ0v) is 25.3. The molecule has 0 aliphatic heterocycles. The Bertz CT molecular complexity index is 1420. The van der Waals surface area contributed by atoms with Crippen LogP contribution in [-0.4, -0.2) is 44.3 Å². The van der Waals surface area contributed by atoms with Gasteiger partial charge in [0, 0.05) is 13.1 Å². The fourth-order valence-corrected chi connectivity index (χ4v) is 6.21. The molecule has 0 saturated carbocycles. The molecular formula is C30H35Cl2N3O4S. The average Bonchev–Trinajstić information content (AvgIpc) is 2.94. The van der Waals surface area contributed by atoms with Crippen molar-refractivity contribution in [2.75, 3.05) is 17.4 Å². The Kier molecular flexibility index (Phi) is 11.4. The number of halogens is 2. The molecule has 0 fully saturated rings. The van der Waals surface area contributed by atoms with Crippen LogP contribution in [0.5, 0.6) is 0 Å². The third kappa shape index (κ3) is 7.56. The molecule has 3 aromatic carbocycles. The highest BCUT2D eigenvalue weighted by Gasteiger charge is 2.34. The number of carbonyl (C=O) groups excluding carboxylic acids is 2. The van der Waals surface area contributed by atoms with Crippen molar-refractivity contribution in [3.63, 3.8) is 0 Å². The first kappa shape index (κ1) is 31.5. The van der Waals surface area contributed by atoms with Crippen LogP contribution in [-0.2, 0) is 26.2 Å². The predicted molar refractivity (Wildman–Crippen MR) is 161 cm³/mol. The van der Waals surface area contributed by atoms with E-state index in [1.165, 1.54) is 23.1 Å². The molecule has 3 rings (SSSR count). The summed E-state index contributed by atoms with van der Waals surface area (Å²) in [5.41, 5.74) is 1.88. The van der Waals surface area contributed by atoms with Gasteiger partial charge in [0.25, 0.3) is 10.0 Å². The van der Waals surface area contributed by atoms with Crippen LogP contribution in [0.3, 0.4) is 0 Å². The minimum Gasteiger partial charge on any atom is -0.354 e. The Balaban J connectivity index is 2.08. The van der Waals surface area contributed by atoms with Crippen molar-refractivity contribution in [2.45, 2.75) is 57.5 Å². The molecule has 1 N–H and O–H groups in total. The molecule has 214 valence electrons. The van der Waals surface area contributed by atoms with Gasteiger partial charge in [-0.25, -0.2) is 8.42 Å². The summed E-state index contributed by atoms with van der Waals surface area (Å²) >= 11 is 12.7. The number of hydrogen-bond donors (Lipinski definition) is 1. The molecule has 0 aromatic heterocycles. The third-order valence-electron chi connectivity index (χ3n) is 6.63. The molecule has 0 saturated heterocycles. The number of amides is 2. The van der Waals surface area contributed by atoms with E-state index in [-0.39, 0.29) is 33.1 Å². The molecule has 0 aliphatic rings. The lowest BCUT2D eigenvalue weighted by atomic mass is 10.1. The van der Waals surface area contributed by atoms with E-state index in [9.17, 15) is 18.0 Å². The van der Waals surface area contributed by atoms with E-state index in [0.717, 1.165) is 28.3 Å². The number of sulfonamides is 1. The number of benzene rings is 3. The second-order valence-electron chi connectivity index (χ2n) is 9.41. The highest BCUT2D eigenvalue weighted by molar-refractivity contribution is 7.92. The molecule has 0 radical (unpaired) electrons. The van der Waals surface area contributed by atoms with E-state index in [1.54, 1.807) is 30.3 Å². The lowest BCUT2D eigenvalue weighted by Gasteiger charge is -2.33. The second kappa shape index (κ2) is 14.5. The smallest absolute Gasteiger partial charge is 0.264 e. The number of nitrogens with zero attached hydrogens (tertiary/aromatic N) is 2. The number of nitrogens with one attached hydrogen (secondary N) is 1. The van der Waals surface area contributed by atoms with Gasteiger partial charge in [0.05, 0.1) is 20.6 Å². The maximum absolute atomic E-state index is 14.1. The average molecular weight is 605 g/mol. The van der Waals surface area contributed by atoms with E-state index in [4.69, 9.17) is 23.2 Å². The topological polar surface area (TPSA) is 86.8 Å². The van der Waals surface area contributed by atoms with Gasteiger partial charge in [-0.3, -0.25) is 13.9 Å². The fraction of sp³-hybridized carbons (Fsp3) is 0.333. The molecule has 1 atom stereocenters. The Morgan fingerprint density at radius 3 is 2.25 bits per heavy atom. The zero-order valence-electron chi connectivity index (χ0n) is 22.9. The summed E-state index contributed by atoms with van der Waals surface area (Å²) in [6.07, 6.45) is 2.07. The first-order valence-corrected chi connectivity index (χ1v) is 15.4. The minimum absolute atomic E-state index is 0.00581. The monoisotopic (exact) mass is 603 g/mol. The second-order valence-corrected chi connectivity index (χ2v) is 12.1. The number of carbonyl (C=O) groups is 2. The van der Waals surface area contributed by atoms with Gasteiger partial charge in [-0.15, -0.1) is 0 Å². The van der Waals surface area contributed by atoms with Crippen LogP contribution < -0.4 is 9.62 Å². The predicted octanol–water partition coefficient (Wildman–Crippen LogP) is 6.22. The number of aryl methyl sites for hydroxylation is 1. The van der Waals surface area contributed by atoms with Crippen molar-refractivity contribution in [2.24, 2.45) is 0 Å². The van der Waals surface area contributed by atoms with Crippen molar-refractivity contribution in [3.05, 3.63) is 94.0 Å². The van der Waals surface area contributed by atoms with Gasteiger partial charge in [-0.2, -0.15) is 0 Å². The quantitative estimate of drug-likeness (QED) is 0.235. The van der Waals surface area contributed by atoms with Gasteiger partial charge >= 0.3 is 0 Å². The lowest BCUT2D eigenvalue weighted by Crippen LogP contribution is -2.52. The maximum atomic E-state index is 14.1. The number of anilines is 1. The molecule has 1 unspecified atom stereocenters. The molecular weight excluding hydrogens is 569 g/mol. The summed E-state index contributed by atoms with van der Waals surface area (Å²) in [7, 11) is -4.23. The van der Waals surface area contributed by atoms with Gasteiger partial charge in [-0.05, 0) is 55.2 Å². The van der Waals surface area contributed by atoms with Crippen molar-refractivity contribution in [1.29, 1.82) is 0 Å². The fourth-order valence-electron chi connectivity index (χ4n) is 4.31. The molecule has 3 aromatic rings. The van der Waals surface area contributed by atoms with Crippen LogP contribution in [0.1, 0.15) is 44.2 Å². The van der Waals surface area contributed by atoms with E-state index in [2.05, 4.69) is 5.32 Å². The SMILES string of the molecule is CCCCNC(=O)C(CC)N(Cc1ccccc1C)C(=O)CN(c1cccc(Cl)c1Cl)S(=O)(=O)c1ccccc1. The largest absolute Gasteiger partial charge is 0.354 e. The minimum atomic E-state index is -4.23. The van der Waals surface area contributed by atoms with Crippen LogP contribution in [0.2, 0.25) is 10.0 Å². The lowest BCUT2D eigenvalue weighted by molar-refractivity contribution is -0.140. The first-order chi connectivity index (χ1) is 19.1. The van der Waals surface area contributed by atoms with Crippen LogP contribution in [0.15, 0.2) is 77.7 Å². The van der Waals surface area contributed by atoms with E-state index in [0.29, 0.717) is 13.0 Å². The Morgan fingerprint density at radius 1 is 0.925 bits per heavy atom. The molecule has 0 spiro atoms. The van der Waals surface area contributed by atoms with Crippen LogP contribution in [0, 0.1) is 6.92 Å². The zero-order chi connectivity index (χ0) is 29.3. The third-order valence-corrected chi connectivity index (χ3v) is 9.21. The Hall–Kier alpha value is -3.07. The van der Waals surface area contributed by atoms with Crippen molar-refractivity contribution in [3.8, 4) is 0 Å². The molecule has 0 heterocycles. The van der Waals surface area contributed by atoms with Crippen LogP contribution in [0.25, 0.3) is 0 Å². The van der Waals surface area contributed by atoms with E-state index < -0.39 is 28.5 Å².